The Hall–Kier alpha value is -1.62. The zero-order valence-electron chi connectivity index (χ0n) is 9.32. The molecule has 0 fully saturated rings. The number of carbonyl (C=O) groups is 1. The largest absolute Gasteiger partial charge is 0.430 e. The molecule has 1 amide bonds. The van der Waals surface area contributed by atoms with Crippen LogP contribution in [0.3, 0.4) is 0 Å². The van der Waals surface area contributed by atoms with Gasteiger partial charge in [-0.1, -0.05) is 6.92 Å². The van der Waals surface area contributed by atoms with Gasteiger partial charge in [0.25, 0.3) is 5.91 Å². The van der Waals surface area contributed by atoms with Gasteiger partial charge in [-0.3, -0.25) is 4.79 Å². The molecule has 0 aromatic carbocycles. The minimum absolute atomic E-state index is 0.154. The highest BCUT2D eigenvalue weighted by Gasteiger charge is 2.18. The minimum Gasteiger partial charge on any atom is -0.430 e. The van der Waals surface area contributed by atoms with Crippen molar-refractivity contribution in [3.63, 3.8) is 0 Å². The van der Waals surface area contributed by atoms with Gasteiger partial charge in [-0.05, 0) is 19.4 Å². The third kappa shape index (κ3) is 3.51. The predicted molar refractivity (Wildman–Crippen MR) is 58.2 cm³/mol. The van der Waals surface area contributed by atoms with Crippen LogP contribution in [-0.4, -0.2) is 23.2 Å². The first-order valence-corrected chi connectivity index (χ1v) is 5.04. The van der Waals surface area contributed by atoms with Crippen LogP contribution >= 0.6 is 0 Å². The van der Waals surface area contributed by atoms with Crippen LogP contribution in [0.5, 0.6) is 0 Å². The fraction of sp³-hybridized carbons (Fsp3) is 0.455. The summed E-state index contributed by atoms with van der Waals surface area (Å²) in [6.07, 6.45) is 1.63. The molecule has 0 aliphatic rings. The number of nitrogens with one attached hydrogen (secondary N) is 1. The van der Waals surface area contributed by atoms with E-state index in [0.29, 0.717) is 6.42 Å². The molecule has 0 aliphatic carbocycles. The van der Waals surface area contributed by atoms with E-state index in [1.807, 2.05) is 6.92 Å². The molecule has 2 N–H and O–H groups in total. The predicted octanol–water partition coefficient (Wildman–Crippen LogP) is 0.531. The standard InChI is InChI=1S/C11H15NO4/c1-3-11(2,15)7-12-10(14)8-4-5-9(13)16-6-8/h4-6,15H,3,7H2,1-2H3,(H,12,14). The maximum atomic E-state index is 11.5. The van der Waals surface area contributed by atoms with Gasteiger partial charge in [0, 0.05) is 12.6 Å². The van der Waals surface area contributed by atoms with Crippen molar-refractivity contribution < 1.29 is 14.3 Å². The number of rotatable bonds is 4. The quantitative estimate of drug-likeness (QED) is 0.783. The van der Waals surface area contributed by atoms with E-state index < -0.39 is 11.2 Å². The lowest BCUT2D eigenvalue weighted by molar-refractivity contribution is 0.0517. The van der Waals surface area contributed by atoms with Crippen LogP contribution in [0, 0.1) is 0 Å². The Morgan fingerprint density at radius 1 is 1.56 bits per heavy atom. The fourth-order valence-electron chi connectivity index (χ4n) is 0.985. The summed E-state index contributed by atoms with van der Waals surface area (Å²) in [6.45, 7) is 3.62. The minimum atomic E-state index is -0.925. The van der Waals surface area contributed by atoms with E-state index >= 15 is 0 Å². The van der Waals surface area contributed by atoms with E-state index in [4.69, 9.17) is 0 Å². The topological polar surface area (TPSA) is 79.5 Å². The Morgan fingerprint density at radius 2 is 2.25 bits per heavy atom. The average Bonchev–Trinajstić information content (AvgIpc) is 2.27. The normalized spacial score (nSPS) is 14.2. The molecular weight excluding hydrogens is 210 g/mol. The Morgan fingerprint density at radius 3 is 2.75 bits per heavy atom. The number of carbonyl (C=O) groups excluding carboxylic acids is 1. The second-order valence-corrected chi connectivity index (χ2v) is 3.88. The smallest absolute Gasteiger partial charge is 0.335 e. The van der Waals surface area contributed by atoms with E-state index in [9.17, 15) is 14.7 Å². The van der Waals surface area contributed by atoms with Crippen LogP contribution in [0.4, 0.5) is 0 Å². The molecule has 5 heteroatoms. The summed E-state index contributed by atoms with van der Waals surface area (Å²) in [5.74, 6) is -0.377. The number of amides is 1. The molecule has 1 aromatic heterocycles. The Kier molecular flexibility index (Phi) is 3.84. The highest BCUT2D eigenvalue weighted by Crippen LogP contribution is 2.06. The van der Waals surface area contributed by atoms with Gasteiger partial charge in [0.15, 0.2) is 0 Å². The Balaban J connectivity index is 2.60. The average molecular weight is 225 g/mol. The lowest BCUT2D eigenvalue weighted by Gasteiger charge is -2.21. The molecule has 1 atom stereocenters. The molecule has 0 saturated heterocycles. The molecule has 1 rings (SSSR count). The summed E-state index contributed by atoms with van der Waals surface area (Å²) < 4.78 is 4.56. The molecular formula is C11H15NO4. The van der Waals surface area contributed by atoms with Crippen molar-refractivity contribution in [3.8, 4) is 0 Å². The third-order valence-corrected chi connectivity index (χ3v) is 2.35. The molecule has 1 unspecified atom stereocenters. The van der Waals surface area contributed by atoms with E-state index in [2.05, 4.69) is 9.73 Å². The van der Waals surface area contributed by atoms with Crippen molar-refractivity contribution >= 4 is 5.91 Å². The van der Waals surface area contributed by atoms with Gasteiger partial charge in [0.05, 0.1) is 11.2 Å². The first-order valence-electron chi connectivity index (χ1n) is 5.04. The number of hydrogen-bond donors (Lipinski definition) is 2. The first kappa shape index (κ1) is 12.4. The first-order chi connectivity index (χ1) is 7.44. The Bertz CT molecular complexity index is 402. The SMILES string of the molecule is CCC(C)(O)CNC(=O)c1ccc(=O)oc1. The second-order valence-electron chi connectivity index (χ2n) is 3.88. The van der Waals surface area contributed by atoms with Crippen molar-refractivity contribution in [3.05, 3.63) is 34.4 Å². The molecule has 0 radical (unpaired) electrons. The number of aliphatic hydroxyl groups is 1. The van der Waals surface area contributed by atoms with Crippen molar-refractivity contribution in [2.75, 3.05) is 6.54 Å². The van der Waals surface area contributed by atoms with Crippen molar-refractivity contribution in [1.29, 1.82) is 0 Å². The zero-order valence-corrected chi connectivity index (χ0v) is 9.32. The van der Waals surface area contributed by atoms with Gasteiger partial charge in [0.2, 0.25) is 0 Å². The maximum Gasteiger partial charge on any atom is 0.335 e. The lowest BCUT2D eigenvalue weighted by atomic mass is 10.0. The van der Waals surface area contributed by atoms with Crippen molar-refractivity contribution in [2.45, 2.75) is 25.9 Å². The van der Waals surface area contributed by atoms with Crippen LogP contribution in [0.2, 0.25) is 0 Å². The third-order valence-electron chi connectivity index (χ3n) is 2.35. The summed E-state index contributed by atoms with van der Waals surface area (Å²) >= 11 is 0. The summed E-state index contributed by atoms with van der Waals surface area (Å²) in [6, 6.07) is 2.55. The highest BCUT2D eigenvalue weighted by molar-refractivity contribution is 5.93. The van der Waals surface area contributed by atoms with Crippen LogP contribution in [0.1, 0.15) is 30.6 Å². The van der Waals surface area contributed by atoms with Crippen LogP contribution in [0.25, 0.3) is 0 Å². The lowest BCUT2D eigenvalue weighted by Crippen LogP contribution is -2.40. The van der Waals surface area contributed by atoms with Gasteiger partial charge >= 0.3 is 5.63 Å². The molecule has 1 aromatic rings. The van der Waals surface area contributed by atoms with Gasteiger partial charge in [-0.2, -0.15) is 0 Å². The van der Waals surface area contributed by atoms with Gasteiger partial charge in [-0.25, -0.2) is 4.79 Å². The molecule has 5 nitrogen and oxygen atoms in total. The van der Waals surface area contributed by atoms with E-state index in [1.165, 1.54) is 12.1 Å². The monoisotopic (exact) mass is 225 g/mol. The van der Waals surface area contributed by atoms with Crippen molar-refractivity contribution in [2.24, 2.45) is 0 Å². The fourth-order valence-corrected chi connectivity index (χ4v) is 0.985. The molecule has 0 saturated carbocycles. The molecule has 0 spiro atoms. The van der Waals surface area contributed by atoms with Gasteiger partial charge < -0.3 is 14.8 Å². The molecule has 0 bridgehead atoms. The molecule has 88 valence electrons. The second kappa shape index (κ2) is 4.94. The van der Waals surface area contributed by atoms with E-state index in [1.54, 1.807) is 6.92 Å². The zero-order chi connectivity index (χ0) is 12.2. The van der Waals surface area contributed by atoms with Crippen LogP contribution in [-0.2, 0) is 0 Å². The summed E-state index contributed by atoms with van der Waals surface area (Å²) in [7, 11) is 0. The highest BCUT2D eigenvalue weighted by atomic mass is 16.4. The molecule has 16 heavy (non-hydrogen) atoms. The van der Waals surface area contributed by atoms with E-state index in [-0.39, 0.29) is 18.0 Å². The van der Waals surface area contributed by atoms with Crippen molar-refractivity contribution in [1.82, 2.24) is 5.32 Å². The van der Waals surface area contributed by atoms with Crippen LogP contribution in [0.15, 0.2) is 27.6 Å². The molecule has 1 heterocycles. The summed E-state index contributed by atoms with van der Waals surface area (Å²) in [5, 5.41) is 12.2. The van der Waals surface area contributed by atoms with Gasteiger partial charge in [-0.15, -0.1) is 0 Å². The summed E-state index contributed by atoms with van der Waals surface area (Å²) in [5.41, 5.74) is -1.17. The maximum absolute atomic E-state index is 11.5. The van der Waals surface area contributed by atoms with Crippen LogP contribution < -0.4 is 10.9 Å². The molecule has 0 aliphatic heterocycles. The Labute approximate surface area is 93.1 Å². The summed E-state index contributed by atoms with van der Waals surface area (Å²) in [4.78, 5) is 22.2. The number of hydrogen-bond acceptors (Lipinski definition) is 4. The van der Waals surface area contributed by atoms with Gasteiger partial charge in [0.1, 0.15) is 6.26 Å². The van der Waals surface area contributed by atoms with E-state index in [0.717, 1.165) is 6.26 Å².